The molecule has 0 spiro atoms. The molecule has 0 fully saturated rings. The second-order valence-corrected chi connectivity index (χ2v) is 13.7. The van der Waals surface area contributed by atoms with Gasteiger partial charge in [0, 0.05) is 44.0 Å². The monoisotopic (exact) mass is 677 g/mol. The summed E-state index contributed by atoms with van der Waals surface area (Å²) in [6.07, 6.45) is 0. The molecule has 2 aromatic heterocycles. The van der Waals surface area contributed by atoms with Crippen LogP contribution in [0, 0.1) is 0 Å². The molecule has 11 aromatic rings. The van der Waals surface area contributed by atoms with Crippen LogP contribution in [-0.2, 0) is 0 Å². The fraction of sp³-hybridized carbons (Fsp3) is 0. The molecule has 0 atom stereocenters. The van der Waals surface area contributed by atoms with Gasteiger partial charge in [-0.05, 0) is 105 Å². The van der Waals surface area contributed by atoms with Gasteiger partial charge < -0.3 is 13.7 Å². The summed E-state index contributed by atoms with van der Waals surface area (Å²) in [4.78, 5) is 2.33. The van der Waals surface area contributed by atoms with Gasteiger partial charge in [-0.2, -0.15) is 0 Å². The minimum Gasteiger partial charge on any atom is -0.456 e. The predicted octanol–water partition coefficient (Wildman–Crippen LogP) is 14.6. The quantitative estimate of drug-likeness (QED) is 0.182. The maximum Gasteiger partial charge on any atom is 0.143 e. The van der Waals surface area contributed by atoms with Crippen molar-refractivity contribution in [2.45, 2.75) is 0 Å². The van der Waals surface area contributed by atoms with Gasteiger partial charge >= 0.3 is 0 Å². The molecular weight excluding hydrogens is 647 g/mol. The highest BCUT2D eigenvalue weighted by Gasteiger charge is 2.22. The summed E-state index contributed by atoms with van der Waals surface area (Å²) in [6.45, 7) is 0. The highest BCUT2D eigenvalue weighted by atomic mass is 16.3. The molecule has 0 bridgehead atoms. The van der Waals surface area contributed by atoms with E-state index in [4.69, 9.17) is 8.83 Å². The first-order chi connectivity index (χ1) is 26.3. The molecule has 3 nitrogen and oxygen atoms in total. The largest absolute Gasteiger partial charge is 0.456 e. The summed E-state index contributed by atoms with van der Waals surface area (Å²) in [6, 6.07) is 66.7. The fourth-order valence-electron chi connectivity index (χ4n) is 8.15. The van der Waals surface area contributed by atoms with E-state index < -0.39 is 0 Å². The van der Waals surface area contributed by atoms with E-state index in [-0.39, 0.29) is 0 Å². The van der Waals surface area contributed by atoms with Crippen LogP contribution in [0.2, 0.25) is 0 Å². The number of benzene rings is 9. The Hall–Kier alpha value is -7.10. The summed E-state index contributed by atoms with van der Waals surface area (Å²) in [5.74, 6) is 0. The minimum absolute atomic E-state index is 0.852. The third-order valence-corrected chi connectivity index (χ3v) is 10.6. The van der Waals surface area contributed by atoms with Crippen LogP contribution >= 0.6 is 0 Å². The normalized spacial score (nSPS) is 11.8. The number of anilines is 3. The van der Waals surface area contributed by atoms with Crippen molar-refractivity contribution in [2.24, 2.45) is 0 Å². The van der Waals surface area contributed by atoms with Crippen molar-refractivity contribution in [1.29, 1.82) is 0 Å². The first kappa shape index (κ1) is 29.6. The zero-order valence-electron chi connectivity index (χ0n) is 28.7. The van der Waals surface area contributed by atoms with Gasteiger partial charge in [0.2, 0.25) is 0 Å². The Morgan fingerprint density at radius 3 is 1.85 bits per heavy atom. The number of nitrogens with zero attached hydrogens (tertiary/aromatic N) is 1. The van der Waals surface area contributed by atoms with E-state index in [0.29, 0.717) is 0 Å². The number of fused-ring (bicyclic) bond motifs is 9. The molecule has 0 aliphatic heterocycles. The molecule has 0 saturated heterocycles. The molecule has 0 amide bonds. The second kappa shape index (κ2) is 11.7. The zero-order valence-corrected chi connectivity index (χ0v) is 28.7. The van der Waals surface area contributed by atoms with Crippen LogP contribution in [0.5, 0.6) is 0 Å². The Kier molecular flexibility index (Phi) is 6.55. The van der Waals surface area contributed by atoms with E-state index in [2.05, 4.69) is 181 Å². The van der Waals surface area contributed by atoms with Crippen LogP contribution in [0.1, 0.15) is 0 Å². The first-order valence-corrected chi connectivity index (χ1v) is 18.0. The number of hydrogen-bond acceptors (Lipinski definition) is 3. The summed E-state index contributed by atoms with van der Waals surface area (Å²) in [7, 11) is 0. The highest BCUT2D eigenvalue weighted by molar-refractivity contribution is 6.25. The van der Waals surface area contributed by atoms with E-state index in [1.165, 1.54) is 21.9 Å². The average Bonchev–Trinajstić information content (AvgIpc) is 3.80. The van der Waals surface area contributed by atoms with Crippen LogP contribution in [0.15, 0.2) is 197 Å². The van der Waals surface area contributed by atoms with Gasteiger partial charge in [0.05, 0.1) is 0 Å². The lowest BCUT2D eigenvalue weighted by Gasteiger charge is -2.25. The molecule has 2 heterocycles. The van der Waals surface area contributed by atoms with Crippen LogP contribution in [-0.4, -0.2) is 0 Å². The number of rotatable bonds is 5. The molecule has 11 rings (SSSR count). The maximum atomic E-state index is 6.81. The topological polar surface area (TPSA) is 29.5 Å². The molecule has 53 heavy (non-hydrogen) atoms. The minimum atomic E-state index is 0.852. The van der Waals surface area contributed by atoms with Crippen molar-refractivity contribution in [2.75, 3.05) is 4.90 Å². The van der Waals surface area contributed by atoms with Crippen LogP contribution < -0.4 is 4.90 Å². The van der Waals surface area contributed by atoms with E-state index >= 15 is 0 Å². The molecule has 0 N–H and O–H groups in total. The molecule has 0 unspecified atom stereocenters. The smallest absolute Gasteiger partial charge is 0.143 e. The molecule has 248 valence electrons. The fourth-order valence-corrected chi connectivity index (χ4v) is 8.15. The standard InChI is InChI=1S/C50H31NO2/c1-2-14-37(15-3-1)51(38-25-23-33(24-26-38)35-22-21-32-11-4-5-12-34(32)29-35)39-27-28-46-44(31-39)49-43(30-36-13-6-7-16-40(36)50(49)53-46)41-18-10-20-47-48(41)42-17-8-9-19-45(42)52-47/h1-31H. The van der Waals surface area contributed by atoms with Crippen molar-refractivity contribution in [3.63, 3.8) is 0 Å². The van der Waals surface area contributed by atoms with Crippen molar-refractivity contribution in [1.82, 2.24) is 0 Å². The van der Waals surface area contributed by atoms with E-state index in [0.717, 1.165) is 82.8 Å². The molecule has 9 aromatic carbocycles. The van der Waals surface area contributed by atoms with Gasteiger partial charge in [-0.25, -0.2) is 0 Å². The lowest BCUT2D eigenvalue weighted by molar-refractivity contribution is 0.669. The third-order valence-electron chi connectivity index (χ3n) is 10.6. The van der Waals surface area contributed by atoms with E-state index in [1.54, 1.807) is 0 Å². The Bertz CT molecular complexity index is 3170. The maximum absolute atomic E-state index is 6.81. The first-order valence-electron chi connectivity index (χ1n) is 18.0. The van der Waals surface area contributed by atoms with E-state index in [9.17, 15) is 0 Å². The second-order valence-electron chi connectivity index (χ2n) is 13.7. The SMILES string of the molecule is c1ccc(N(c2ccc(-c3ccc4ccccc4c3)cc2)c2ccc3oc4c5ccccc5cc(-c5cccc6oc7ccccc7c56)c4c3c2)cc1. The highest BCUT2D eigenvalue weighted by Crippen LogP contribution is 2.46. The predicted molar refractivity (Wildman–Crippen MR) is 222 cm³/mol. The van der Waals surface area contributed by atoms with Crippen LogP contribution in [0.3, 0.4) is 0 Å². The zero-order chi connectivity index (χ0) is 34.9. The number of hydrogen-bond donors (Lipinski definition) is 0. The van der Waals surface area contributed by atoms with Gasteiger partial charge in [0.15, 0.2) is 0 Å². The van der Waals surface area contributed by atoms with Crippen LogP contribution in [0.25, 0.3) is 87.7 Å². The van der Waals surface area contributed by atoms with Gasteiger partial charge in [-0.3, -0.25) is 0 Å². The van der Waals surface area contributed by atoms with E-state index in [1.807, 2.05) is 12.1 Å². The molecule has 3 heteroatoms. The van der Waals surface area contributed by atoms with Crippen molar-refractivity contribution >= 4 is 82.5 Å². The third kappa shape index (κ3) is 4.75. The number of para-hydroxylation sites is 2. The molecule has 0 radical (unpaired) electrons. The lowest BCUT2D eigenvalue weighted by atomic mass is 9.92. The van der Waals surface area contributed by atoms with Crippen molar-refractivity contribution < 1.29 is 8.83 Å². The lowest BCUT2D eigenvalue weighted by Crippen LogP contribution is -2.09. The number of furan rings is 2. The van der Waals surface area contributed by atoms with Crippen molar-refractivity contribution in [3.05, 3.63) is 188 Å². The van der Waals surface area contributed by atoms with Gasteiger partial charge in [-0.15, -0.1) is 0 Å². The summed E-state index contributed by atoms with van der Waals surface area (Å²) < 4.78 is 13.2. The van der Waals surface area contributed by atoms with Gasteiger partial charge in [-0.1, -0.05) is 121 Å². The Balaban J connectivity index is 1.12. The molecular formula is C50H31NO2. The Labute approximate surface area is 305 Å². The molecule has 0 saturated carbocycles. The summed E-state index contributed by atoms with van der Waals surface area (Å²) >= 11 is 0. The van der Waals surface area contributed by atoms with Crippen LogP contribution in [0.4, 0.5) is 17.1 Å². The summed E-state index contributed by atoms with van der Waals surface area (Å²) in [5, 5.41) is 9.10. The average molecular weight is 678 g/mol. The summed E-state index contributed by atoms with van der Waals surface area (Å²) in [5.41, 5.74) is 11.3. The molecule has 0 aliphatic carbocycles. The van der Waals surface area contributed by atoms with Gasteiger partial charge in [0.1, 0.15) is 22.3 Å². The Morgan fingerprint density at radius 1 is 0.321 bits per heavy atom. The molecule has 0 aliphatic rings. The van der Waals surface area contributed by atoms with Crippen molar-refractivity contribution in [3.8, 4) is 22.3 Å². The van der Waals surface area contributed by atoms with Gasteiger partial charge in [0.25, 0.3) is 0 Å². The Morgan fingerprint density at radius 2 is 0.981 bits per heavy atom.